The number of rotatable bonds is 9. The van der Waals surface area contributed by atoms with Crippen molar-refractivity contribution in [2.75, 3.05) is 26.6 Å². The van der Waals surface area contributed by atoms with Crippen LogP contribution in [0.4, 0.5) is 0 Å². The number of esters is 1. The van der Waals surface area contributed by atoms with Gasteiger partial charge in [0.05, 0.1) is 19.2 Å². The van der Waals surface area contributed by atoms with Crippen molar-refractivity contribution in [1.29, 1.82) is 0 Å². The SMILES string of the molecule is COCCCS(=O)(=O)N[C@@H](Cc1cnc[nH]1)C(=O)OC. The molecule has 0 unspecified atom stereocenters. The molecule has 0 aliphatic carbocycles. The Kier molecular flexibility index (Phi) is 6.62. The summed E-state index contributed by atoms with van der Waals surface area (Å²) in [5.41, 5.74) is 0.639. The Balaban J connectivity index is 2.66. The number of imidazole rings is 1. The minimum Gasteiger partial charge on any atom is -0.468 e. The molecule has 0 aromatic carbocycles. The highest BCUT2D eigenvalue weighted by Crippen LogP contribution is 2.03. The first-order chi connectivity index (χ1) is 9.48. The molecule has 2 N–H and O–H groups in total. The van der Waals surface area contributed by atoms with E-state index in [4.69, 9.17) is 4.74 Å². The van der Waals surface area contributed by atoms with Crippen LogP contribution in [0.5, 0.6) is 0 Å². The highest BCUT2D eigenvalue weighted by Gasteiger charge is 2.25. The van der Waals surface area contributed by atoms with Crippen molar-refractivity contribution in [2.24, 2.45) is 0 Å². The average Bonchev–Trinajstić information content (AvgIpc) is 2.90. The Morgan fingerprint density at radius 2 is 2.25 bits per heavy atom. The molecule has 1 heterocycles. The average molecular weight is 305 g/mol. The van der Waals surface area contributed by atoms with E-state index in [9.17, 15) is 13.2 Å². The second-order valence-corrected chi connectivity index (χ2v) is 6.01. The van der Waals surface area contributed by atoms with Crippen LogP contribution in [-0.2, 0) is 30.7 Å². The fourth-order valence-electron chi connectivity index (χ4n) is 1.60. The van der Waals surface area contributed by atoms with Crippen LogP contribution < -0.4 is 4.72 Å². The lowest BCUT2D eigenvalue weighted by atomic mass is 10.2. The summed E-state index contributed by atoms with van der Waals surface area (Å²) in [7, 11) is -0.871. The fourth-order valence-corrected chi connectivity index (χ4v) is 2.83. The van der Waals surface area contributed by atoms with E-state index in [-0.39, 0.29) is 12.2 Å². The first-order valence-corrected chi connectivity index (χ1v) is 7.67. The summed E-state index contributed by atoms with van der Waals surface area (Å²) in [5, 5.41) is 0. The van der Waals surface area contributed by atoms with E-state index in [0.717, 1.165) is 0 Å². The van der Waals surface area contributed by atoms with Crippen LogP contribution in [0.25, 0.3) is 0 Å². The van der Waals surface area contributed by atoms with Crippen LogP contribution >= 0.6 is 0 Å². The van der Waals surface area contributed by atoms with Gasteiger partial charge in [0, 0.05) is 32.0 Å². The van der Waals surface area contributed by atoms with Gasteiger partial charge in [0.25, 0.3) is 0 Å². The molecule has 0 spiro atoms. The quantitative estimate of drug-likeness (QED) is 0.468. The number of methoxy groups -OCH3 is 2. The Hall–Kier alpha value is -1.45. The number of carbonyl (C=O) groups is 1. The minimum atomic E-state index is -3.58. The maximum Gasteiger partial charge on any atom is 0.324 e. The number of hydrogen-bond acceptors (Lipinski definition) is 6. The van der Waals surface area contributed by atoms with Crippen LogP contribution in [0.1, 0.15) is 12.1 Å². The maximum absolute atomic E-state index is 11.9. The molecular formula is C11H19N3O5S. The van der Waals surface area contributed by atoms with E-state index in [0.29, 0.717) is 18.7 Å². The summed E-state index contributed by atoms with van der Waals surface area (Å²) in [4.78, 5) is 18.3. The lowest BCUT2D eigenvalue weighted by molar-refractivity contribution is -0.142. The van der Waals surface area contributed by atoms with Gasteiger partial charge in [-0.15, -0.1) is 0 Å². The van der Waals surface area contributed by atoms with Crippen molar-refractivity contribution in [3.63, 3.8) is 0 Å². The fraction of sp³-hybridized carbons (Fsp3) is 0.636. The number of hydrogen-bond donors (Lipinski definition) is 2. The topological polar surface area (TPSA) is 110 Å². The summed E-state index contributed by atoms with van der Waals surface area (Å²) >= 11 is 0. The highest BCUT2D eigenvalue weighted by molar-refractivity contribution is 7.89. The summed E-state index contributed by atoms with van der Waals surface area (Å²) in [5.74, 6) is -0.757. The van der Waals surface area contributed by atoms with Crippen LogP contribution in [0.3, 0.4) is 0 Å². The zero-order chi connectivity index (χ0) is 15.0. The van der Waals surface area contributed by atoms with E-state index in [2.05, 4.69) is 19.4 Å². The molecule has 0 saturated carbocycles. The normalized spacial score (nSPS) is 13.1. The number of aromatic nitrogens is 2. The Labute approximate surface area is 117 Å². The molecule has 1 aromatic heterocycles. The third-order valence-corrected chi connectivity index (χ3v) is 4.02. The molecule has 1 rings (SSSR count). The van der Waals surface area contributed by atoms with E-state index >= 15 is 0 Å². The Bertz CT molecular complexity index is 500. The van der Waals surface area contributed by atoms with Gasteiger partial charge in [-0.3, -0.25) is 4.79 Å². The molecule has 0 aliphatic heterocycles. The maximum atomic E-state index is 11.9. The third-order valence-electron chi connectivity index (χ3n) is 2.55. The van der Waals surface area contributed by atoms with Crippen LogP contribution in [-0.4, -0.2) is 57.0 Å². The van der Waals surface area contributed by atoms with Gasteiger partial charge in [-0.1, -0.05) is 0 Å². The number of ether oxygens (including phenoxy) is 2. The van der Waals surface area contributed by atoms with Crippen molar-refractivity contribution in [2.45, 2.75) is 18.9 Å². The summed E-state index contributed by atoms with van der Waals surface area (Å²) < 4.78 is 35.5. The van der Waals surface area contributed by atoms with Crippen LogP contribution in [0, 0.1) is 0 Å². The van der Waals surface area contributed by atoms with Crippen molar-refractivity contribution < 1.29 is 22.7 Å². The largest absolute Gasteiger partial charge is 0.468 e. The van der Waals surface area contributed by atoms with Crippen LogP contribution in [0.2, 0.25) is 0 Å². The molecule has 0 radical (unpaired) electrons. The number of nitrogens with zero attached hydrogens (tertiary/aromatic N) is 1. The van der Waals surface area contributed by atoms with Gasteiger partial charge in [0.2, 0.25) is 10.0 Å². The number of H-pyrrole nitrogens is 1. The van der Waals surface area contributed by atoms with Gasteiger partial charge in [0.15, 0.2) is 0 Å². The van der Waals surface area contributed by atoms with Crippen LogP contribution in [0.15, 0.2) is 12.5 Å². The Morgan fingerprint density at radius 3 is 2.80 bits per heavy atom. The number of carbonyl (C=O) groups excluding carboxylic acids is 1. The monoisotopic (exact) mass is 305 g/mol. The van der Waals surface area contributed by atoms with Gasteiger partial charge in [0.1, 0.15) is 6.04 Å². The molecule has 1 atom stereocenters. The second-order valence-electron chi connectivity index (χ2n) is 4.14. The second kappa shape index (κ2) is 7.98. The molecule has 0 amide bonds. The molecule has 1 aromatic rings. The number of nitrogens with one attached hydrogen (secondary N) is 2. The molecule has 8 nitrogen and oxygen atoms in total. The smallest absolute Gasteiger partial charge is 0.324 e. The summed E-state index contributed by atoms with van der Waals surface area (Å²) in [6.45, 7) is 0.338. The zero-order valence-electron chi connectivity index (χ0n) is 11.5. The van der Waals surface area contributed by atoms with E-state index in [1.54, 1.807) is 0 Å². The van der Waals surface area contributed by atoms with Crippen molar-refractivity contribution in [3.05, 3.63) is 18.2 Å². The Morgan fingerprint density at radius 1 is 1.50 bits per heavy atom. The molecule has 9 heteroatoms. The highest BCUT2D eigenvalue weighted by atomic mass is 32.2. The first-order valence-electron chi connectivity index (χ1n) is 6.02. The van der Waals surface area contributed by atoms with Gasteiger partial charge < -0.3 is 14.5 Å². The summed E-state index contributed by atoms with van der Waals surface area (Å²) in [6, 6.07) is -0.979. The lowest BCUT2D eigenvalue weighted by Crippen LogP contribution is -2.44. The first kappa shape index (κ1) is 16.6. The molecule has 0 fully saturated rings. The van der Waals surface area contributed by atoms with E-state index in [1.807, 2.05) is 0 Å². The minimum absolute atomic E-state index is 0.114. The van der Waals surface area contributed by atoms with Crippen molar-refractivity contribution >= 4 is 16.0 Å². The predicted molar refractivity (Wildman–Crippen MR) is 71.5 cm³/mol. The zero-order valence-corrected chi connectivity index (χ0v) is 12.3. The van der Waals surface area contributed by atoms with E-state index in [1.165, 1.54) is 26.7 Å². The molecule has 0 saturated heterocycles. The lowest BCUT2D eigenvalue weighted by Gasteiger charge is -2.15. The van der Waals surface area contributed by atoms with Gasteiger partial charge in [-0.2, -0.15) is 0 Å². The van der Waals surface area contributed by atoms with Crippen molar-refractivity contribution in [3.8, 4) is 0 Å². The van der Waals surface area contributed by atoms with Gasteiger partial charge in [-0.25, -0.2) is 18.1 Å². The molecule has 0 bridgehead atoms. The molecule has 114 valence electrons. The molecule has 20 heavy (non-hydrogen) atoms. The standard InChI is InChI=1S/C11H19N3O5S/c1-18-4-3-5-20(16,17)14-10(11(15)19-2)6-9-7-12-8-13-9/h7-8,10,14H,3-6H2,1-2H3,(H,12,13)/t10-/m0/s1. The third kappa shape index (κ3) is 5.68. The number of sulfonamides is 1. The molecular weight excluding hydrogens is 286 g/mol. The van der Waals surface area contributed by atoms with Crippen molar-refractivity contribution in [1.82, 2.24) is 14.7 Å². The van der Waals surface area contributed by atoms with Gasteiger partial charge >= 0.3 is 5.97 Å². The number of aromatic amines is 1. The molecule has 0 aliphatic rings. The predicted octanol–water partition coefficient (Wildman–Crippen LogP) is -0.550. The summed E-state index contributed by atoms with van der Waals surface area (Å²) in [6.07, 6.45) is 3.48. The van der Waals surface area contributed by atoms with E-state index < -0.39 is 22.0 Å². The van der Waals surface area contributed by atoms with Gasteiger partial charge in [-0.05, 0) is 6.42 Å².